The number of aromatic nitrogens is 4. The molecule has 0 amide bonds. The van der Waals surface area contributed by atoms with Gasteiger partial charge >= 0.3 is 5.69 Å². The van der Waals surface area contributed by atoms with E-state index in [1.54, 1.807) is 0 Å². The fourth-order valence-electron chi connectivity index (χ4n) is 4.11. The van der Waals surface area contributed by atoms with Gasteiger partial charge in [0.05, 0.1) is 29.6 Å². The summed E-state index contributed by atoms with van der Waals surface area (Å²) >= 11 is 0. The molecule has 0 saturated carbocycles. The van der Waals surface area contributed by atoms with Crippen LogP contribution < -0.4 is 11.4 Å². The minimum atomic E-state index is 0.0289. The number of hydrogen-bond donors (Lipinski definition) is 1. The molecule has 150 valence electrons. The lowest BCUT2D eigenvalue weighted by Gasteiger charge is -2.07. The molecule has 2 heterocycles. The number of para-hydroxylation sites is 3. The van der Waals surface area contributed by atoms with Crippen molar-refractivity contribution in [2.75, 3.05) is 5.73 Å². The molecule has 0 saturated heterocycles. The van der Waals surface area contributed by atoms with Crippen molar-refractivity contribution >= 4 is 27.8 Å². The van der Waals surface area contributed by atoms with Gasteiger partial charge < -0.3 is 5.73 Å². The van der Waals surface area contributed by atoms with Gasteiger partial charge in [-0.2, -0.15) is 5.10 Å². The molecular weight excluding hydrogens is 374 g/mol. The zero-order valence-electron chi connectivity index (χ0n) is 16.8. The Hall–Kier alpha value is -3.80. The van der Waals surface area contributed by atoms with Crippen LogP contribution in [0.5, 0.6) is 0 Å². The third-order valence-electron chi connectivity index (χ3n) is 5.62. The molecule has 0 bridgehead atoms. The predicted octanol–water partition coefficient (Wildman–Crippen LogP) is 3.85. The lowest BCUT2D eigenvalue weighted by atomic mass is 10.1. The summed E-state index contributed by atoms with van der Waals surface area (Å²) in [5.74, 6) is 0.550. The normalized spacial score (nSPS) is 11.5. The van der Waals surface area contributed by atoms with Crippen LogP contribution >= 0.6 is 0 Å². The van der Waals surface area contributed by atoms with E-state index in [-0.39, 0.29) is 5.69 Å². The molecule has 0 aliphatic carbocycles. The van der Waals surface area contributed by atoms with Crippen molar-refractivity contribution < 1.29 is 0 Å². The van der Waals surface area contributed by atoms with Crippen LogP contribution in [-0.2, 0) is 19.6 Å². The van der Waals surface area contributed by atoms with E-state index in [4.69, 9.17) is 5.73 Å². The van der Waals surface area contributed by atoms with Gasteiger partial charge in [0.15, 0.2) is 5.82 Å². The predicted molar refractivity (Wildman–Crippen MR) is 121 cm³/mol. The second-order valence-electron chi connectivity index (χ2n) is 7.48. The van der Waals surface area contributed by atoms with E-state index in [1.807, 2.05) is 69.3 Å². The lowest BCUT2D eigenvalue weighted by Crippen LogP contribution is -2.24. The minimum absolute atomic E-state index is 0.0289. The average Bonchev–Trinajstić information content (AvgIpc) is 3.23. The van der Waals surface area contributed by atoms with Gasteiger partial charge in [-0.1, -0.05) is 48.5 Å². The van der Waals surface area contributed by atoms with Crippen LogP contribution in [0.4, 0.5) is 5.82 Å². The van der Waals surface area contributed by atoms with E-state index in [0.717, 1.165) is 33.1 Å². The number of rotatable bonds is 5. The Morgan fingerprint density at radius 2 is 1.33 bits per heavy atom. The van der Waals surface area contributed by atoms with E-state index in [1.165, 1.54) is 0 Å². The quantitative estimate of drug-likeness (QED) is 0.490. The van der Waals surface area contributed by atoms with Crippen molar-refractivity contribution in [2.24, 2.45) is 0 Å². The van der Waals surface area contributed by atoms with Crippen LogP contribution in [0.2, 0.25) is 0 Å². The highest BCUT2D eigenvalue weighted by atomic mass is 16.1. The maximum Gasteiger partial charge on any atom is 0.329 e. The second kappa shape index (κ2) is 7.22. The molecule has 3 aromatic carbocycles. The number of benzene rings is 3. The highest BCUT2D eigenvalue weighted by Gasteiger charge is 2.12. The van der Waals surface area contributed by atoms with Gasteiger partial charge in [0.25, 0.3) is 0 Å². The largest absolute Gasteiger partial charge is 0.382 e. The molecule has 0 atom stereocenters. The summed E-state index contributed by atoms with van der Waals surface area (Å²) in [6, 6.07) is 24.3. The standard InChI is InChI=1S/C24H23N5O/c1-2-27-21-9-5-6-10-22(21)28(24(27)30)15-17-11-13-18(14-12-17)16-29-20-8-4-3-7-19(20)23(25)26-29/h3-14H,2,15-16H2,1H3,(H2,25,26). The van der Waals surface area contributed by atoms with Crippen molar-refractivity contribution in [3.8, 4) is 0 Å². The minimum Gasteiger partial charge on any atom is -0.382 e. The third kappa shape index (κ3) is 2.97. The molecule has 5 rings (SSSR count). The molecule has 0 unspecified atom stereocenters. The highest BCUT2D eigenvalue weighted by molar-refractivity contribution is 5.89. The number of nitrogens with zero attached hydrogens (tertiary/aromatic N) is 4. The Kier molecular flexibility index (Phi) is 4.39. The van der Waals surface area contributed by atoms with Crippen LogP contribution in [0.15, 0.2) is 77.6 Å². The molecule has 0 aliphatic rings. The monoisotopic (exact) mass is 397 g/mol. The number of hydrogen-bond acceptors (Lipinski definition) is 3. The first kappa shape index (κ1) is 18.2. The Labute approximate surface area is 173 Å². The summed E-state index contributed by atoms with van der Waals surface area (Å²) in [6.07, 6.45) is 0. The molecule has 0 aliphatic heterocycles. The topological polar surface area (TPSA) is 70.8 Å². The van der Waals surface area contributed by atoms with Crippen LogP contribution in [0.1, 0.15) is 18.1 Å². The summed E-state index contributed by atoms with van der Waals surface area (Å²) in [6.45, 7) is 3.85. The summed E-state index contributed by atoms with van der Waals surface area (Å²) in [7, 11) is 0. The number of imidazole rings is 1. The number of aryl methyl sites for hydroxylation is 1. The lowest BCUT2D eigenvalue weighted by molar-refractivity contribution is 0.683. The number of nitrogen functional groups attached to an aromatic ring is 1. The smallest absolute Gasteiger partial charge is 0.329 e. The van der Waals surface area contributed by atoms with E-state index < -0.39 is 0 Å². The summed E-state index contributed by atoms with van der Waals surface area (Å²) in [5, 5.41) is 5.45. The SMILES string of the molecule is CCn1c(=O)n(Cc2ccc(Cn3nc(N)c4ccccc43)cc2)c2ccccc21. The molecule has 6 nitrogen and oxygen atoms in total. The van der Waals surface area contributed by atoms with Crippen molar-refractivity contribution in [3.05, 3.63) is 94.4 Å². The van der Waals surface area contributed by atoms with E-state index >= 15 is 0 Å². The molecule has 0 spiro atoms. The molecule has 30 heavy (non-hydrogen) atoms. The molecular formula is C24H23N5O. The van der Waals surface area contributed by atoms with Gasteiger partial charge in [0.2, 0.25) is 0 Å². The van der Waals surface area contributed by atoms with E-state index in [9.17, 15) is 4.79 Å². The van der Waals surface area contributed by atoms with Crippen molar-refractivity contribution in [1.82, 2.24) is 18.9 Å². The molecule has 2 aromatic heterocycles. The highest BCUT2D eigenvalue weighted by Crippen LogP contribution is 2.21. The zero-order chi connectivity index (χ0) is 20.7. The van der Waals surface area contributed by atoms with Gasteiger partial charge in [-0.15, -0.1) is 0 Å². The maximum atomic E-state index is 12.9. The summed E-state index contributed by atoms with van der Waals surface area (Å²) < 4.78 is 5.59. The van der Waals surface area contributed by atoms with E-state index in [0.29, 0.717) is 25.5 Å². The Morgan fingerprint density at radius 1 is 0.767 bits per heavy atom. The van der Waals surface area contributed by atoms with Crippen LogP contribution in [-0.4, -0.2) is 18.9 Å². The second-order valence-corrected chi connectivity index (χ2v) is 7.48. The summed E-state index contributed by atoms with van der Waals surface area (Å²) in [4.78, 5) is 12.9. The fraction of sp³-hybridized carbons (Fsp3) is 0.167. The van der Waals surface area contributed by atoms with Crippen LogP contribution in [0, 0.1) is 0 Å². The molecule has 5 aromatic rings. The number of fused-ring (bicyclic) bond motifs is 2. The molecule has 6 heteroatoms. The first-order valence-corrected chi connectivity index (χ1v) is 10.1. The zero-order valence-corrected chi connectivity index (χ0v) is 16.8. The van der Waals surface area contributed by atoms with Gasteiger partial charge in [0, 0.05) is 11.9 Å². The third-order valence-corrected chi connectivity index (χ3v) is 5.62. The molecule has 0 fully saturated rings. The van der Waals surface area contributed by atoms with E-state index in [2.05, 4.69) is 29.4 Å². The molecule has 0 radical (unpaired) electrons. The summed E-state index contributed by atoms with van der Waals surface area (Å²) in [5.41, 5.74) is 11.3. The Bertz CT molecular complexity index is 1410. The van der Waals surface area contributed by atoms with Crippen molar-refractivity contribution in [1.29, 1.82) is 0 Å². The van der Waals surface area contributed by atoms with Gasteiger partial charge in [-0.3, -0.25) is 13.8 Å². The average molecular weight is 397 g/mol. The number of nitrogens with two attached hydrogens (primary N) is 1. The van der Waals surface area contributed by atoms with Crippen LogP contribution in [0.3, 0.4) is 0 Å². The van der Waals surface area contributed by atoms with Gasteiger partial charge in [-0.25, -0.2) is 4.79 Å². The Balaban J connectivity index is 1.43. The number of anilines is 1. The van der Waals surface area contributed by atoms with Crippen molar-refractivity contribution in [3.63, 3.8) is 0 Å². The van der Waals surface area contributed by atoms with Gasteiger partial charge in [-0.05, 0) is 42.3 Å². The first-order valence-electron chi connectivity index (χ1n) is 10.1. The van der Waals surface area contributed by atoms with Gasteiger partial charge in [0.1, 0.15) is 0 Å². The molecule has 2 N–H and O–H groups in total. The van der Waals surface area contributed by atoms with Crippen LogP contribution in [0.25, 0.3) is 21.9 Å². The van der Waals surface area contributed by atoms with Crippen molar-refractivity contribution in [2.45, 2.75) is 26.6 Å². The Morgan fingerprint density at radius 3 is 2.00 bits per heavy atom. The maximum absolute atomic E-state index is 12.9. The fourth-order valence-corrected chi connectivity index (χ4v) is 4.11. The first-order chi connectivity index (χ1) is 14.7.